The maximum absolute atomic E-state index is 12.1. The Bertz CT molecular complexity index is 422. The molecule has 0 radical (unpaired) electrons. The van der Waals surface area contributed by atoms with Crippen molar-refractivity contribution in [3.8, 4) is 5.75 Å². The Balaban J connectivity index is 2.46. The Morgan fingerprint density at radius 1 is 1.33 bits per heavy atom. The molecule has 0 heterocycles. The summed E-state index contributed by atoms with van der Waals surface area (Å²) in [6.45, 7) is 4.18. The van der Waals surface area contributed by atoms with Crippen LogP contribution in [0.1, 0.15) is 37.0 Å². The second-order valence-electron chi connectivity index (χ2n) is 4.98. The van der Waals surface area contributed by atoms with Crippen LogP contribution in [0.15, 0.2) is 24.3 Å². The van der Waals surface area contributed by atoms with Crippen molar-refractivity contribution in [3.05, 3.63) is 29.8 Å². The van der Waals surface area contributed by atoms with E-state index in [2.05, 4.69) is 12.2 Å². The number of phenols is 1. The number of carbonyl (C=O) groups excluding carboxylic acids is 1. The van der Waals surface area contributed by atoms with E-state index in [1.54, 1.807) is 19.2 Å². The molecule has 0 bridgehead atoms. The fourth-order valence-corrected chi connectivity index (χ4v) is 3.41. The van der Waals surface area contributed by atoms with Gasteiger partial charge in [-0.3, -0.25) is 0 Å². The number of aromatic hydroxyl groups is 1. The van der Waals surface area contributed by atoms with Crippen LogP contribution >= 0.6 is 0 Å². The molecular weight excluding hydrogens is 306 g/mol. The first-order valence-electron chi connectivity index (χ1n) is 7.29. The van der Waals surface area contributed by atoms with Crippen molar-refractivity contribution in [1.29, 1.82) is 0 Å². The van der Waals surface area contributed by atoms with Crippen LogP contribution in [0.2, 0.25) is 10.6 Å². The molecule has 118 valence electrons. The van der Waals surface area contributed by atoms with Crippen molar-refractivity contribution < 1.29 is 29.9 Å². The molecule has 1 rings (SSSR count). The number of benzene rings is 1. The standard InChI is InChI=1S/C13H18NO3.C3H7.Cr/c1-4-12(17-3)9(2)14-13(16)10-5-7-11(15)8-6-10;1-3-2;/h5-9,12,15H,1,4H2,2-3H3,(H,14,16);1,3H2,2H3;. The summed E-state index contributed by atoms with van der Waals surface area (Å²) < 4.78 is 5.50. The average molecular weight is 331 g/mol. The molecule has 4 nitrogen and oxygen atoms in total. The number of amides is 1. The van der Waals surface area contributed by atoms with Gasteiger partial charge in [0.05, 0.1) is 0 Å². The number of ether oxygens (including phenoxy) is 1. The van der Waals surface area contributed by atoms with Gasteiger partial charge >= 0.3 is 133 Å². The zero-order valence-corrected chi connectivity index (χ0v) is 14.2. The molecule has 0 fully saturated rings. The van der Waals surface area contributed by atoms with E-state index in [9.17, 15) is 9.90 Å². The number of carbonyl (C=O) groups is 1. The number of phenolic OH excluding ortho intramolecular Hbond substituents is 1. The van der Waals surface area contributed by atoms with Gasteiger partial charge in [-0.1, -0.05) is 0 Å². The Labute approximate surface area is 133 Å². The summed E-state index contributed by atoms with van der Waals surface area (Å²) in [6, 6.07) is 6.22. The van der Waals surface area contributed by atoms with E-state index in [4.69, 9.17) is 4.74 Å². The van der Waals surface area contributed by atoms with Gasteiger partial charge in [-0.2, -0.15) is 0 Å². The number of rotatable bonds is 9. The minimum absolute atomic E-state index is 0.0336. The summed E-state index contributed by atoms with van der Waals surface area (Å²) in [6.07, 6.45) is 2.27. The van der Waals surface area contributed by atoms with Gasteiger partial charge in [0.2, 0.25) is 0 Å². The monoisotopic (exact) mass is 331 g/mol. The molecule has 0 saturated heterocycles. The van der Waals surface area contributed by atoms with E-state index in [1.807, 2.05) is 6.92 Å². The predicted octanol–water partition coefficient (Wildman–Crippen LogP) is 3.24. The molecule has 0 aliphatic heterocycles. The van der Waals surface area contributed by atoms with Crippen LogP contribution in [0, 0.1) is 0 Å². The number of hydrogen-bond acceptors (Lipinski definition) is 3. The first-order valence-corrected chi connectivity index (χ1v) is 9.09. The van der Waals surface area contributed by atoms with Gasteiger partial charge in [-0.05, 0) is 0 Å². The molecule has 0 spiro atoms. The normalized spacial score (nSPS) is 13.7. The van der Waals surface area contributed by atoms with Crippen molar-refractivity contribution in [2.24, 2.45) is 0 Å². The second kappa shape index (κ2) is 9.84. The zero-order valence-electron chi connectivity index (χ0n) is 13.0. The van der Waals surface area contributed by atoms with Gasteiger partial charge in [-0.15, -0.1) is 0 Å². The fourth-order valence-electron chi connectivity index (χ4n) is 2.01. The third-order valence-electron chi connectivity index (χ3n) is 3.24. The summed E-state index contributed by atoms with van der Waals surface area (Å²) in [5.74, 6) is 0.0242. The van der Waals surface area contributed by atoms with E-state index >= 15 is 0 Å². The van der Waals surface area contributed by atoms with Crippen molar-refractivity contribution in [2.45, 2.75) is 49.4 Å². The third-order valence-corrected chi connectivity index (χ3v) is 5.15. The summed E-state index contributed by atoms with van der Waals surface area (Å²) in [5.41, 5.74) is 0.546. The van der Waals surface area contributed by atoms with Crippen molar-refractivity contribution in [2.75, 3.05) is 7.11 Å². The van der Waals surface area contributed by atoms with Gasteiger partial charge < -0.3 is 0 Å². The quantitative estimate of drug-likeness (QED) is 0.683. The van der Waals surface area contributed by atoms with Crippen LogP contribution in [-0.4, -0.2) is 30.3 Å². The molecule has 1 amide bonds. The Hall–Kier alpha value is -1.02. The van der Waals surface area contributed by atoms with Crippen molar-refractivity contribution in [3.63, 3.8) is 0 Å². The molecule has 1 aromatic rings. The molecular formula is C16H25CrNO3. The SMILES string of the molecule is CC[CH2][Cr][CH2]CC(OC)C(C)NC(=O)c1ccc(O)cc1. The van der Waals surface area contributed by atoms with Gasteiger partial charge in [0.1, 0.15) is 0 Å². The topological polar surface area (TPSA) is 58.6 Å². The fraction of sp³-hybridized carbons (Fsp3) is 0.562. The molecule has 21 heavy (non-hydrogen) atoms. The first kappa shape index (κ1) is 18.0. The Morgan fingerprint density at radius 3 is 2.57 bits per heavy atom. The van der Waals surface area contributed by atoms with Crippen LogP contribution in [-0.2, 0) is 20.0 Å². The van der Waals surface area contributed by atoms with Gasteiger partial charge in [-0.25, -0.2) is 0 Å². The Morgan fingerprint density at radius 2 is 2.00 bits per heavy atom. The maximum atomic E-state index is 12.1. The zero-order chi connectivity index (χ0) is 15.7. The summed E-state index contributed by atoms with van der Waals surface area (Å²) in [7, 11) is 1.70. The van der Waals surface area contributed by atoms with Crippen molar-refractivity contribution >= 4 is 5.91 Å². The average Bonchev–Trinajstić information content (AvgIpc) is 2.47. The van der Waals surface area contributed by atoms with Gasteiger partial charge in [0, 0.05) is 0 Å². The van der Waals surface area contributed by atoms with E-state index in [0.717, 1.165) is 6.42 Å². The van der Waals surface area contributed by atoms with E-state index < -0.39 is 0 Å². The second-order valence-corrected chi connectivity index (χ2v) is 6.90. The van der Waals surface area contributed by atoms with E-state index in [0.29, 0.717) is 20.8 Å². The third kappa shape index (κ3) is 6.52. The summed E-state index contributed by atoms with van der Waals surface area (Å²) in [4.78, 5) is 12.1. The molecule has 2 atom stereocenters. The molecule has 0 saturated carbocycles. The predicted molar refractivity (Wildman–Crippen MR) is 80.4 cm³/mol. The van der Waals surface area contributed by atoms with Gasteiger partial charge in [0.15, 0.2) is 0 Å². The summed E-state index contributed by atoms with van der Waals surface area (Å²) in [5, 5.41) is 14.7. The Kier molecular flexibility index (Phi) is 8.45. The molecule has 0 aliphatic carbocycles. The molecule has 1 aromatic carbocycles. The minimum atomic E-state index is -0.136. The van der Waals surface area contributed by atoms with Crippen LogP contribution in [0.4, 0.5) is 0 Å². The summed E-state index contributed by atoms with van der Waals surface area (Å²) >= 11 is 0.673. The van der Waals surface area contributed by atoms with E-state index in [1.165, 1.54) is 29.1 Å². The number of methoxy groups -OCH3 is 1. The molecule has 2 unspecified atom stereocenters. The first-order chi connectivity index (χ1) is 10.1. The molecule has 0 aromatic heterocycles. The number of nitrogens with one attached hydrogen (secondary N) is 1. The van der Waals surface area contributed by atoms with E-state index in [-0.39, 0.29) is 23.8 Å². The molecule has 5 heteroatoms. The van der Waals surface area contributed by atoms with Crippen molar-refractivity contribution in [1.82, 2.24) is 5.32 Å². The van der Waals surface area contributed by atoms with Crippen LogP contribution < -0.4 is 5.32 Å². The van der Waals surface area contributed by atoms with Crippen LogP contribution in [0.25, 0.3) is 0 Å². The molecule has 0 aliphatic rings. The molecule has 2 N–H and O–H groups in total. The van der Waals surface area contributed by atoms with Crippen LogP contribution in [0.5, 0.6) is 5.75 Å². The number of hydrogen-bond donors (Lipinski definition) is 2. The van der Waals surface area contributed by atoms with Gasteiger partial charge in [0.25, 0.3) is 0 Å². The van der Waals surface area contributed by atoms with Crippen LogP contribution in [0.3, 0.4) is 0 Å².